The highest BCUT2D eigenvalue weighted by atomic mass is 16.5. The molecular weight excluding hydrogens is 242 g/mol. The Balaban J connectivity index is 1.98. The first-order valence-corrected chi connectivity index (χ1v) is 6.75. The summed E-state index contributed by atoms with van der Waals surface area (Å²) >= 11 is 0. The molecule has 0 radical (unpaired) electrons. The zero-order valence-electron chi connectivity index (χ0n) is 11.5. The first kappa shape index (κ1) is 13.8. The van der Waals surface area contributed by atoms with Gasteiger partial charge in [0, 0.05) is 12.6 Å². The van der Waals surface area contributed by atoms with E-state index in [1.165, 1.54) is 0 Å². The molecule has 5 nitrogen and oxygen atoms in total. The third-order valence-corrected chi connectivity index (χ3v) is 3.43. The van der Waals surface area contributed by atoms with Crippen molar-refractivity contribution in [2.75, 3.05) is 25.0 Å². The molecule has 1 aliphatic rings. The van der Waals surface area contributed by atoms with Crippen molar-refractivity contribution in [1.29, 1.82) is 0 Å². The Labute approximate surface area is 113 Å². The van der Waals surface area contributed by atoms with Crippen LogP contribution in [0.3, 0.4) is 0 Å². The lowest BCUT2D eigenvalue weighted by Crippen LogP contribution is -2.46. The fraction of sp³-hybridized carbons (Fsp3) is 0.571. The molecule has 5 heteroatoms. The van der Waals surface area contributed by atoms with Gasteiger partial charge >= 0.3 is 0 Å². The van der Waals surface area contributed by atoms with Crippen LogP contribution in [0.1, 0.15) is 26.7 Å². The van der Waals surface area contributed by atoms with Crippen molar-refractivity contribution in [2.45, 2.75) is 26.7 Å². The van der Waals surface area contributed by atoms with Gasteiger partial charge in [-0.1, -0.05) is 0 Å². The number of nitrogens with one attached hydrogen (secondary N) is 2. The minimum absolute atomic E-state index is 0.0469. The molecule has 0 bridgehead atoms. The Hall–Kier alpha value is -1.62. The van der Waals surface area contributed by atoms with Gasteiger partial charge in [0.1, 0.15) is 0 Å². The van der Waals surface area contributed by atoms with Crippen LogP contribution < -0.4 is 15.4 Å². The molecule has 0 spiro atoms. The van der Waals surface area contributed by atoms with Crippen LogP contribution in [-0.4, -0.2) is 30.6 Å². The van der Waals surface area contributed by atoms with Crippen molar-refractivity contribution in [3.05, 3.63) is 18.3 Å². The molecule has 2 rings (SSSR count). The van der Waals surface area contributed by atoms with Gasteiger partial charge in [-0.05, 0) is 39.3 Å². The van der Waals surface area contributed by atoms with Crippen molar-refractivity contribution >= 4 is 11.6 Å². The van der Waals surface area contributed by atoms with Gasteiger partial charge in [0.05, 0.1) is 23.9 Å². The number of rotatable bonds is 4. The van der Waals surface area contributed by atoms with Crippen LogP contribution in [0.5, 0.6) is 5.88 Å². The summed E-state index contributed by atoms with van der Waals surface area (Å²) < 4.78 is 5.27. The number of nitrogens with zero attached hydrogens (tertiary/aromatic N) is 1. The van der Waals surface area contributed by atoms with Gasteiger partial charge in [-0.25, -0.2) is 4.98 Å². The highest BCUT2D eigenvalue weighted by Gasteiger charge is 2.34. The number of amides is 1. The molecule has 1 aromatic rings. The summed E-state index contributed by atoms with van der Waals surface area (Å²) in [5, 5.41) is 6.20. The molecule has 0 aliphatic carbocycles. The lowest BCUT2D eigenvalue weighted by atomic mass is 9.82. The molecule has 1 aliphatic heterocycles. The molecule has 0 aromatic carbocycles. The number of ether oxygens (including phenoxy) is 1. The maximum Gasteiger partial charge on any atom is 0.231 e. The summed E-state index contributed by atoms with van der Waals surface area (Å²) in [6.07, 6.45) is 3.57. The molecule has 1 atom stereocenters. The van der Waals surface area contributed by atoms with Gasteiger partial charge in [-0.15, -0.1) is 0 Å². The molecular formula is C14H21N3O2. The summed E-state index contributed by atoms with van der Waals surface area (Å²) in [5.41, 5.74) is 0.372. The minimum Gasteiger partial charge on any atom is -0.478 e. The van der Waals surface area contributed by atoms with Gasteiger partial charge in [0.2, 0.25) is 11.8 Å². The normalized spacial score (nSPS) is 22.8. The zero-order chi connectivity index (χ0) is 13.7. The fourth-order valence-electron chi connectivity index (χ4n) is 2.22. The lowest BCUT2D eigenvalue weighted by Gasteiger charge is -2.32. The van der Waals surface area contributed by atoms with Crippen molar-refractivity contribution < 1.29 is 9.53 Å². The Morgan fingerprint density at radius 1 is 1.58 bits per heavy atom. The van der Waals surface area contributed by atoms with E-state index in [0.717, 1.165) is 25.9 Å². The van der Waals surface area contributed by atoms with E-state index in [2.05, 4.69) is 15.6 Å². The zero-order valence-corrected chi connectivity index (χ0v) is 11.5. The van der Waals surface area contributed by atoms with Crippen molar-refractivity contribution in [3.63, 3.8) is 0 Å². The molecule has 19 heavy (non-hydrogen) atoms. The van der Waals surface area contributed by atoms with E-state index in [9.17, 15) is 4.79 Å². The molecule has 1 fully saturated rings. The van der Waals surface area contributed by atoms with Crippen LogP contribution in [-0.2, 0) is 4.79 Å². The van der Waals surface area contributed by atoms with E-state index in [0.29, 0.717) is 18.2 Å². The number of hydrogen-bond acceptors (Lipinski definition) is 4. The van der Waals surface area contributed by atoms with Crippen LogP contribution in [0.2, 0.25) is 0 Å². The number of carbonyl (C=O) groups excluding carboxylic acids is 1. The standard InChI is InChI=1S/C14H21N3O2/c1-3-19-12-6-5-11(9-16-12)17-13(18)14(2)7-4-8-15-10-14/h5-6,9,15H,3-4,7-8,10H2,1-2H3,(H,17,18). The second-order valence-corrected chi connectivity index (χ2v) is 5.11. The van der Waals surface area contributed by atoms with Crippen LogP contribution in [0.4, 0.5) is 5.69 Å². The quantitative estimate of drug-likeness (QED) is 0.869. The molecule has 2 N–H and O–H groups in total. The predicted octanol–water partition coefficient (Wildman–Crippen LogP) is 1.81. The maximum atomic E-state index is 12.3. The monoisotopic (exact) mass is 263 g/mol. The largest absolute Gasteiger partial charge is 0.478 e. The molecule has 104 valence electrons. The van der Waals surface area contributed by atoms with Gasteiger partial charge in [0.25, 0.3) is 0 Å². The van der Waals surface area contributed by atoms with Crippen LogP contribution in [0.15, 0.2) is 18.3 Å². The molecule has 2 heterocycles. The number of anilines is 1. The molecule has 1 unspecified atom stereocenters. The summed E-state index contributed by atoms with van der Waals surface area (Å²) in [6.45, 7) is 6.21. The van der Waals surface area contributed by atoms with E-state index in [4.69, 9.17) is 4.74 Å². The second-order valence-electron chi connectivity index (χ2n) is 5.11. The van der Waals surface area contributed by atoms with Crippen molar-refractivity contribution in [2.24, 2.45) is 5.41 Å². The van der Waals surface area contributed by atoms with Gasteiger partial charge in [-0.3, -0.25) is 4.79 Å². The molecule has 1 aromatic heterocycles. The van der Waals surface area contributed by atoms with Crippen LogP contribution in [0.25, 0.3) is 0 Å². The van der Waals surface area contributed by atoms with Crippen molar-refractivity contribution in [3.8, 4) is 5.88 Å². The Kier molecular flexibility index (Phi) is 4.37. The maximum absolute atomic E-state index is 12.3. The number of pyridine rings is 1. The Morgan fingerprint density at radius 3 is 3.00 bits per heavy atom. The summed E-state index contributed by atoms with van der Waals surface area (Å²) in [7, 11) is 0. The molecule has 1 amide bonds. The van der Waals surface area contributed by atoms with Gasteiger partial charge in [0.15, 0.2) is 0 Å². The first-order chi connectivity index (χ1) is 9.14. The highest BCUT2D eigenvalue weighted by molar-refractivity contribution is 5.95. The average molecular weight is 263 g/mol. The average Bonchev–Trinajstić information content (AvgIpc) is 2.42. The molecule has 1 saturated heterocycles. The minimum atomic E-state index is -0.336. The topological polar surface area (TPSA) is 63.2 Å². The number of carbonyl (C=O) groups is 1. The van der Waals surface area contributed by atoms with E-state index in [-0.39, 0.29) is 11.3 Å². The lowest BCUT2D eigenvalue weighted by molar-refractivity contribution is -0.125. The van der Waals surface area contributed by atoms with Crippen LogP contribution in [0, 0.1) is 5.41 Å². The fourth-order valence-corrected chi connectivity index (χ4v) is 2.22. The second kappa shape index (κ2) is 6.02. The summed E-state index contributed by atoms with van der Waals surface area (Å²) in [5.74, 6) is 0.622. The third kappa shape index (κ3) is 3.44. The van der Waals surface area contributed by atoms with Gasteiger partial charge in [-0.2, -0.15) is 0 Å². The number of hydrogen-bond donors (Lipinski definition) is 2. The molecule has 0 saturated carbocycles. The predicted molar refractivity (Wildman–Crippen MR) is 74.2 cm³/mol. The van der Waals surface area contributed by atoms with Crippen LogP contribution >= 0.6 is 0 Å². The van der Waals surface area contributed by atoms with Gasteiger partial charge < -0.3 is 15.4 Å². The SMILES string of the molecule is CCOc1ccc(NC(=O)C2(C)CCCNC2)cn1. The summed E-state index contributed by atoms with van der Waals surface area (Å²) in [4.78, 5) is 16.4. The van der Waals surface area contributed by atoms with Crippen molar-refractivity contribution in [1.82, 2.24) is 10.3 Å². The van der Waals surface area contributed by atoms with E-state index >= 15 is 0 Å². The smallest absolute Gasteiger partial charge is 0.231 e. The number of piperidine rings is 1. The summed E-state index contributed by atoms with van der Waals surface area (Å²) in [6, 6.07) is 3.58. The number of aromatic nitrogens is 1. The highest BCUT2D eigenvalue weighted by Crippen LogP contribution is 2.27. The van der Waals surface area contributed by atoms with E-state index in [1.54, 1.807) is 12.3 Å². The first-order valence-electron chi connectivity index (χ1n) is 6.75. The van der Waals surface area contributed by atoms with E-state index < -0.39 is 0 Å². The Morgan fingerprint density at radius 2 is 2.42 bits per heavy atom. The third-order valence-electron chi connectivity index (χ3n) is 3.43. The Bertz CT molecular complexity index is 425. The van der Waals surface area contributed by atoms with E-state index in [1.807, 2.05) is 19.9 Å².